The van der Waals surface area contributed by atoms with Gasteiger partial charge in [-0.15, -0.1) is 11.3 Å². The van der Waals surface area contributed by atoms with E-state index in [1.165, 1.54) is 11.3 Å². The van der Waals surface area contributed by atoms with Gasteiger partial charge in [0.25, 0.3) is 0 Å². The van der Waals surface area contributed by atoms with E-state index in [0.717, 1.165) is 15.3 Å². The summed E-state index contributed by atoms with van der Waals surface area (Å²) in [4.78, 5) is 5.72. The van der Waals surface area contributed by atoms with Crippen molar-refractivity contribution < 1.29 is 4.39 Å². The van der Waals surface area contributed by atoms with Gasteiger partial charge in [0.2, 0.25) is 0 Å². The Morgan fingerprint density at radius 3 is 2.80 bits per heavy atom. The summed E-state index contributed by atoms with van der Waals surface area (Å²) in [6.45, 7) is 1.78. The second-order valence-electron chi connectivity index (χ2n) is 3.42. The Kier molecular flexibility index (Phi) is 2.68. The highest BCUT2D eigenvalue weighted by Gasteiger charge is 2.05. The van der Waals surface area contributed by atoms with Crippen LogP contribution in [0.1, 0.15) is 15.3 Å². The maximum atomic E-state index is 13.1. The van der Waals surface area contributed by atoms with Crippen molar-refractivity contribution in [1.29, 1.82) is 0 Å². The van der Waals surface area contributed by atoms with Crippen LogP contribution in [0.5, 0.6) is 0 Å². The normalized spacial score (nSPS) is 10.5. The number of anilines is 1. The molecule has 0 saturated heterocycles. The fraction of sp³-hybridized carbons (Fsp3) is 0.182. The molecule has 0 fully saturated rings. The van der Waals surface area contributed by atoms with Gasteiger partial charge >= 0.3 is 0 Å². The average Bonchev–Trinajstić information content (AvgIpc) is 2.45. The SMILES string of the molecule is Cc1sc(Cc2cncc(N)c2)cc1F. The lowest BCUT2D eigenvalue weighted by Gasteiger charge is -1.98. The third-order valence-electron chi connectivity index (χ3n) is 2.10. The van der Waals surface area contributed by atoms with Crippen LogP contribution in [0, 0.1) is 12.7 Å². The molecule has 2 nitrogen and oxygen atoms in total. The quantitative estimate of drug-likeness (QED) is 0.848. The number of aromatic nitrogens is 1. The molecule has 0 unspecified atom stereocenters. The van der Waals surface area contributed by atoms with Crippen molar-refractivity contribution in [3.63, 3.8) is 0 Å². The van der Waals surface area contributed by atoms with Crippen LogP contribution in [0.4, 0.5) is 10.1 Å². The highest BCUT2D eigenvalue weighted by atomic mass is 32.1. The number of nitrogens with zero attached hydrogens (tertiary/aromatic N) is 1. The van der Waals surface area contributed by atoms with E-state index >= 15 is 0 Å². The van der Waals surface area contributed by atoms with Crippen LogP contribution < -0.4 is 5.73 Å². The number of rotatable bonds is 2. The molecule has 0 spiro atoms. The molecule has 0 aliphatic heterocycles. The van der Waals surface area contributed by atoms with Crippen LogP contribution in [-0.4, -0.2) is 4.98 Å². The molecule has 78 valence electrons. The van der Waals surface area contributed by atoms with Gasteiger partial charge < -0.3 is 5.73 Å². The molecule has 0 bridgehead atoms. The third kappa shape index (κ3) is 2.33. The number of halogens is 1. The first kappa shape index (κ1) is 10.1. The molecule has 15 heavy (non-hydrogen) atoms. The molecule has 0 atom stereocenters. The van der Waals surface area contributed by atoms with Crippen molar-refractivity contribution >= 4 is 17.0 Å². The zero-order valence-electron chi connectivity index (χ0n) is 8.33. The fourth-order valence-electron chi connectivity index (χ4n) is 1.41. The molecule has 2 rings (SSSR count). The van der Waals surface area contributed by atoms with Gasteiger partial charge in [0.15, 0.2) is 0 Å². The number of pyridine rings is 1. The first-order valence-electron chi connectivity index (χ1n) is 4.59. The number of hydrogen-bond donors (Lipinski definition) is 1. The van der Waals surface area contributed by atoms with E-state index < -0.39 is 0 Å². The van der Waals surface area contributed by atoms with Gasteiger partial charge in [0, 0.05) is 28.6 Å². The predicted octanol–water partition coefficient (Wildman–Crippen LogP) is 2.76. The molecule has 2 aromatic rings. The Bertz CT molecular complexity index is 460. The van der Waals surface area contributed by atoms with Crippen LogP contribution in [0.15, 0.2) is 24.5 Å². The van der Waals surface area contributed by atoms with Crippen LogP contribution in [0.3, 0.4) is 0 Å². The monoisotopic (exact) mass is 222 g/mol. The lowest BCUT2D eigenvalue weighted by Crippen LogP contribution is -1.91. The standard InChI is InChI=1S/C11H11FN2S/c1-7-11(12)4-10(15-7)3-8-2-9(13)6-14-5-8/h2,4-6H,3,13H2,1H3. The molecule has 2 aromatic heterocycles. The third-order valence-corrected chi connectivity index (χ3v) is 3.13. The Morgan fingerprint density at radius 2 is 2.20 bits per heavy atom. The van der Waals surface area contributed by atoms with Gasteiger partial charge in [0.1, 0.15) is 5.82 Å². The minimum absolute atomic E-state index is 0.133. The predicted molar refractivity (Wildman–Crippen MR) is 60.5 cm³/mol. The first-order chi connectivity index (χ1) is 7.15. The van der Waals surface area contributed by atoms with Gasteiger partial charge in [0.05, 0.1) is 5.69 Å². The summed E-state index contributed by atoms with van der Waals surface area (Å²) in [5, 5.41) is 0. The van der Waals surface area contributed by atoms with Crippen molar-refractivity contribution in [2.24, 2.45) is 0 Å². The highest BCUT2D eigenvalue weighted by Crippen LogP contribution is 2.22. The lowest BCUT2D eigenvalue weighted by atomic mass is 10.2. The molecular formula is C11H11FN2S. The van der Waals surface area contributed by atoms with Gasteiger partial charge in [-0.25, -0.2) is 4.39 Å². The van der Waals surface area contributed by atoms with E-state index in [1.807, 2.05) is 6.07 Å². The molecular weight excluding hydrogens is 211 g/mol. The largest absolute Gasteiger partial charge is 0.397 e. The highest BCUT2D eigenvalue weighted by molar-refractivity contribution is 7.11. The first-order valence-corrected chi connectivity index (χ1v) is 5.41. The molecule has 4 heteroatoms. The molecule has 0 aromatic carbocycles. The maximum absolute atomic E-state index is 13.1. The Labute approximate surface area is 91.6 Å². The van der Waals surface area contributed by atoms with Gasteiger partial charge in [-0.2, -0.15) is 0 Å². The second kappa shape index (κ2) is 3.98. The van der Waals surface area contributed by atoms with Crippen LogP contribution in [0.2, 0.25) is 0 Å². The average molecular weight is 222 g/mol. The summed E-state index contributed by atoms with van der Waals surface area (Å²) in [5.74, 6) is -0.133. The van der Waals surface area contributed by atoms with E-state index in [9.17, 15) is 4.39 Å². The van der Waals surface area contributed by atoms with E-state index in [-0.39, 0.29) is 5.82 Å². The van der Waals surface area contributed by atoms with E-state index in [1.54, 1.807) is 25.4 Å². The van der Waals surface area contributed by atoms with E-state index in [4.69, 9.17) is 5.73 Å². The number of thiophene rings is 1. The summed E-state index contributed by atoms with van der Waals surface area (Å²) < 4.78 is 13.1. The van der Waals surface area contributed by atoms with Gasteiger partial charge in [-0.1, -0.05) is 0 Å². The van der Waals surface area contributed by atoms with Crippen molar-refractivity contribution in [2.45, 2.75) is 13.3 Å². The Hall–Kier alpha value is -1.42. The molecule has 0 radical (unpaired) electrons. The molecule has 2 heterocycles. The van der Waals surface area contributed by atoms with Gasteiger partial charge in [-0.3, -0.25) is 4.98 Å². The summed E-state index contributed by atoms with van der Waals surface area (Å²) >= 11 is 1.47. The van der Waals surface area contributed by atoms with Crippen molar-refractivity contribution in [3.05, 3.63) is 45.7 Å². The fourth-order valence-corrected chi connectivity index (χ4v) is 2.36. The van der Waals surface area contributed by atoms with Gasteiger partial charge in [-0.05, 0) is 24.6 Å². The smallest absolute Gasteiger partial charge is 0.137 e. The van der Waals surface area contributed by atoms with E-state index in [2.05, 4.69) is 4.98 Å². The summed E-state index contributed by atoms with van der Waals surface area (Å²) in [6.07, 6.45) is 4.04. The molecule has 0 aliphatic rings. The second-order valence-corrected chi connectivity index (χ2v) is 4.76. The van der Waals surface area contributed by atoms with Crippen molar-refractivity contribution in [2.75, 3.05) is 5.73 Å². The Balaban J connectivity index is 2.22. The van der Waals surface area contributed by atoms with Crippen molar-refractivity contribution in [3.8, 4) is 0 Å². The zero-order chi connectivity index (χ0) is 10.8. The maximum Gasteiger partial charge on any atom is 0.137 e. The minimum atomic E-state index is -0.133. The zero-order valence-corrected chi connectivity index (χ0v) is 9.14. The van der Waals surface area contributed by atoms with E-state index in [0.29, 0.717) is 12.1 Å². The summed E-state index contributed by atoms with van der Waals surface area (Å²) in [7, 11) is 0. The lowest BCUT2D eigenvalue weighted by molar-refractivity contribution is 0.625. The number of aryl methyl sites for hydroxylation is 1. The molecule has 0 aliphatic carbocycles. The summed E-state index contributed by atoms with van der Waals surface area (Å²) in [6, 6.07) is 3.43. The minimum Gasteiger partial charge on any atom is -0.397 e. The summed E-state index contributed by atoms with van der Waals surface area (Å²) in [5.41, 5.74) is 7.26. The van der Waals surface area contributed by atoms with Crippen LogP contribution in [0.25, 0.3) is 0 Å². The number of nitrogens with two attached hydrogens (primary N) is 1. The molecule has 2 N–H and O–H groups in total. The Morgan fingerprint density at radius 1 is 1.40 bits per heavy atom. The number of nitrogen functional groups attached to an aromatic ring is 1. The van der Waals surface area contributed by atoms with Crippen molar-refractivity contribution in [1.82, 2.24) is 4.98 Å². The molecule has 0 saturated carbocycles. The van der Waals surface area contributed by atoms with Crippen LogP contribution in [-0.2, 0) is 6.42 Å². The number of hydrogen-bond acceptors (Lipinski definition) is 3. The molecule has 0 amide bonds. The topological polar surface area (TPSA) is 38.9 Å². The van der Waals surface area contributed by atoms with Crippen LogP contribution >= 0.6 is 11.3 Å².